The van der Waals surface area contributed by atoms with Crippen molar-refractivity contribution in [3.63, 3.8) is 0 Å². The van der Waals surface area contributed by atoms with Crippen LogP contribution >= 0.6 is 0 Å². The zero-order valence-corrected chi connectivity index (χ0v) is 15.5. The average molecular weight is 345 g/mol. The maximum absolute atomic E-state index is 13.6. The van der Waals surface area contributed by atoms with Crippen LogP contribution in [-0.4, -0.2) is 65.8 Å². The fraction of sp³-hybridized carbons (Fsp3) is 0.800. The molecule has 0 bridgehead atoms. The summed E-state index contributed by atoms with van der Waals surface area (Å²) in [5, 5.41) is 0. The molecular formula is C20H31N3O2. The van der Waals surface area contributed by atoms with Crippen molar-refractivity contribution in [2.45, 2.75) is 63.8 Å². The van der Waals surface area contributed by atoms with Crippen LogP contribution < -0.4 is 0 Å². The molecule has 2 saturated heterocycles. The van der Waals surface area contributed by atoms with Crippen LogP contribution in [-0.2, 0) is 9.59 Å². The molecule has 5 heteroatoms. The number of rotatable bonds is 2. The average Bonchev–Trinajstić information content (AvgIpc) is 3.16. The van der Waals surface area contributed by atoms with Gasteiger partial charge in [0.1, 0.15) is 0 Å². The lowest BCUT2D eigenvalue weighted by Crippen LogP contribution is -2.58. The van der Waals surface area contributed by atoms with Crippen molar-refractivity contribution in [1.82, 2.24) is 14.7 Å². The van der Waals surface area contributed by atoms with Crippen molar-refractivity contribution in [3.8, 4) is 0 Å². The van der Waals surface area contributed by atoms with Gasteiger partial charge < -0.3 is 14.7 Å². The Hall–Kier alpha value is -1.36. The summed E-state index contributed by atoms with van der Waals surface area (Å²) in [5.74, 6) is 0.545. The highest BCUT2D eigenvalue weighted by atomic mass is 16.2. The number of nitrogens with zero attached hydrogens (tertiary/aromatic N) is 3. The minimum absolute atomic E-state index is 0.252. The molecule has 2 aliphatic carbocycles. The molecule has 4 aliphatic rings. The molecule has 2 amide bonds. The minimum Gasteiger partial charge on any atom is -0.339 e. The normalized spacial score (nSPS) is 31.9. The van der Waals surface area contributed by atoms with Crippen LogP contribution in [0.25, 0.3) is 0 Å². The molecule has 3 fully saturated rings. The Morgan fingerprint density at radius 1 is 1.08 bits per heavy atom. The lowest BCUT2D eigenvalue weighted by molar-refractivity contribution is -0.150. The molecule has 1 unspecified atom stereocenters. The van der Waals surface area contributed by atoms with Gasteiger partial charge in [-0.25, -0.2) is 0 Å². The third-order valence-corrected chi connectivity index (χ3v) is 6.82. The van der Waals surface area contributed by atoms with E-state index in [1.807, 2.05) is 0 Å². The van der Waals surface area contributed by atoms with Gasteiger partial charge in [-0.3, -0.25) is 9.59 Å². The van der Waals surface area contributed by atoms with Crippen LogP contribution in [0.2, 0.25) is 0 Å². The molecule has 138 valence electrons. The highest BCUT2D eigenvalue weighted by molar-refractivity contribution is 5.91. The maximum atomic E-state index is 13.6. The first-order valence-electron chi connectivity index (χ1n) is 10.1. The first-order chi connectivity index (χ1) is 12.1. The molecule has 1 saturated carbocycles. The zero-order valence-electron chi connectivity index (χ0n) is 15.5. The Kier molecular flexibility index (Phi) is 4.61. The van der Waals surface area contributed by atoms with Gasteiger partial charge in [-0.2, -0.15) is 0 Å². The first-order valence-corrected chi connectivity index (χ1v) is 10.1. The molecular weight excluding hydrogens is 314 g/mol. The summed E-state index contributed by atoms with van der Waals surface area (Å²) in [4.78, 5) is 32.8. The van der Waals surface area contributed by atoms with Crippen molar-refractivity contribution < 1.29 is 9.59 Å². The molecule has 0 N–H and O–H groups in total. The number of fused-ring (bicyclic) bond motifs is 1. The van der Waals surface area contributed by atoms with Gasteiger partial charge in [0.2, 0.25) is 11.8 Å². The minimum atomic E-state index is -0.426. The Bertz CT molecular complexity index is 573. The number of piperidine rings is 1. The van der Waals surface area contributed by atoms with E-state index < -0.39 is 5.41 Å². The third-order valence-electron chi connectivity index (χ3n) is 6.82. The summed E-state index contributed by atoms with van der Waals surface area (Å²) in [5.41, 5.74) is 0.649. The monoisotopic (exact) mass is 345 g/mol. The second-order valence-corrected chi connectivity index (χ2v) is 8.36. The maximum Gasteiger partial charge on any atom is 0.234 e. The van der Waals surface area contributed by atoms with E-state index in [1.54, 1.807) is 0 Å². The quantitative estimate of drug-likeness (QED) is 0.772. The van der Waals surface area contributed by atoms with Crippen molar-refractivity contribution in [3.05, 3.63) is 11.8 Å². The molecule has 0 spiro atoms. The van der Waals surface area contributed by atoms with E-state index >= 15 is 0 Å². The number of allylic oxidation sites excluding steroid dienone is 1. The smallest absolute Gasteiger partial charge is 0.234 e. The fourth-order valence-electron chi connectivity index (χ4n) is 5.32. The summed E-state index contributed by atoms with van der Waals surface area (Å²) in [6.07, 6.45) is 11.1. The molecule has 0 aromatic heterocycles. The molecule has 1 atom stereocenters. The van der Waals surface area contributed by atoms with E-state index in [-0.39, 0.29) is 5.91 Å². The molecule has 25 heavy (non-hydrogen) atoms. The SMILES string of the molecule is CN1CCN(C(=O)C23CCCC=C2N(C2CCCC2)C(=O)CC3)CC1. The molecule has 2 heterocycles. The van der Waals surface area contributed by atoms with Crippen LogP contribution in [0.3, 0.4) is 0 Å². The fourth-order valence-corrected chi connectivity index (χ4v) is 5.32. The number of likely N-dealkylation sites (tertiary alicyclic amines) is 1. The number of amides is 2. The van der Waals surface area contributed by atoms with E-state index in [9.17, 15) is 9.59 Å². The predicted molar refractivity (Wildman–Crippen MR) is 96.8 cm³/mol. The van der Waals surface area contributed by atoms with Crippen LogP contribution in [0.4, 0.5) is 0 Å². The standard InChI is InChI=1S/C20H31N3O2/c1-21-12-14-22(15-13-21)19(25)20-10-5-4-8-17(20)23(18(24)9-11-20)16-6-2-3-7-16/h8,16H,2-7,9-15H2,1H3. The number of likely N-dealkylation sites (N-methyl/N-ethyl adjacent to an activating group) is 1. The number of piperazine rings is 1. The Labute approximate surface area is 151 Å². The summed E-state index contributed by atoms with van der Waals surface area (Å²) in [6.45, 7) is 3.54. The largest absolute Gasteiger partial charge is 0.339 e. The molecule has 0 aromatic carbocycles. The van der Waals surface area contributed by atoms with Crippen LogP contribution in [0, 0.1) is 5.41 Å². The zero-order chi connectivity index (χ0) is 17.4. The van der Waals surface area contributed by atoms with Gasteiger partial charge in [0.25, 0.3) is 0 Å². The topological polar surface area (TPSA) is 43.9 Å². The lowest BCUT2D eigenvalue weighted by Gasteiger charge is -2.50. The van der Waals surface area contributed by atoms with E-state index in [0.29, 0.717) is 24.8 Å². The molecule has 2 aliphatic heterocycles. The van der Waals surface area contributed by atoms with Gasteiger partial charge in [-0.05, 0) is 45.6 Å². The van der Waals surface area contributed by atoms with E-state index in [4.69, 9.17) is 0 Å². The summed E-state index contributed by atoms with van der Waals surface area (Å²) < 4.78 is 0. The molecule has 0 aromatic rings. The number of hydrogen-bond acceptors (Lipinski definition) is 3. The van der Waals surface area contributed by atoms with Gasteiger partial charge in [-0.1, -0.05) is 18.9 Å². The van der Waals surface area contributed by atoms with Crippen molar-refractivity contribution in [2.75, 3.05) is 33.2 Å². The van der Waals surface area contributed by atoms with Crippen LogP contribution in [0.15, 0.2) is 11.8 Å². The van der Waals surface area contributed by atoms with Crippen molar-refractivity contribution in [2.24, 2.45) is 5.41 Å². The Morgan fingerprint density at radius 2 is 1.80 bits per heavy atom. The second-order valence-electron chi connectivity index (χ2n) is 8.36. The van der Waals surface area contributed by atoms with Gasteiger partial charge >= 0.3 is 0 Å². The highest BCUT2D eigenvalue weighted by Gasteiger charge is 2.52. The number of carbonyl (C=O) groups excluding carboxylic acids is 2. The van der Waals surface area contributed by atoms with Crippen LogP contribution in [0.1, 0.15) is 57.8 Å². The van der Waals surface area contributed by atoms with Gasteiger partial charge in [0.15, 0.2) is 0 Å². The summed E-state index contributed by atoms with van der Waals surface area (Å²) in [6, 6.07) is 0.330. The molecule has 0 radical (unpaired) electrons. The Balaban J connectivity index is 1.64. The summed E-state index contributed by atoms with van der Waals surface area (Å²) >= 11 is 0. The van der Waals surface area contributed by atoms with E-state index in [0.717, 1.165) is 64.0 Å². The second kappa shape index (κ2) is 6.75. The van der Waals surface area contributed by atoms with Gasteiger partial charge in [0, 0.05) is 44.3 Å². The predicted octanol–water partition coefficient (Wildman–Crippen LogP) is 2.38. The number of carbonyl (C=O) groups is 2. The third kappa shape index (κ3) is 2.90. The van der Waals surface area contributed by atoms with E-state index in [2.05, 4.69) is 27.8 Å². The van der Waals surface area contributed by atoms with Crippen LogP contribution in [0.5, 0.6) is 0 Å². The summed E-state index contributed by atoms with van der Waals surface area (Å²) in [7, 11) is 2.12. The van der Waals surface area contributed by atoms with Crippen molar-refractivity contribution in [1.29, 1.82) is 0 Å². The van der Waals surface area contributed by atoms with Gasteiger partial charge in [-0.15, -0.1) is 0 Å². The van der Waals surface area contributed by atoms with E-state index in [1.165, 1.54) is 12.8 Å². The highest BCUT2D eigenvalue weighted by Crippen LogP contribution is 2.49. The van der Waals surface area contributed by atoms with Gasteiger partial charge in [0.05, 0.1) is 5.41 Å². The number of hydrogen-bond donors (Lipinski definition) is 0. The molecule has 4 rings (SSSR count). The first kappa shape index (κ1) is 17.1. The lowest BCUT2D eigenvalue weighted by atomic mass is 9.68. The molecule has 5 nitrogen and oxygen atoms in total. The van der Waals surface area contributed by atoms with Crippen molar-refractivity contribution >= 4 is 11.8 Å². The Morgan fingerprint density at radius 3 is 2.52 bits per heavy atom.